The van der Waals surface area contributed by atoms with Gasteiger partial charge in [0.05, 0.1) is 4.90 Å². The molecule has 1 N–H and O–H groups in total. The van der Waals surface area contributed by atoms with Gasteiger partial charge < -0.3 is 9.88 Å². The fourth-order valence-electron chi connectivity index (χ4n) is 3.35. The molecular formula is C21H21BrN4O3S. The van der Waals surface area contributed by atoms with E-state index in [0.29, 0.717) is 18.8 Å². The molecule has 0 aliphatic carbocycles. The molecule has 0 saturated carbocycles. The SMILES string of the molecule is O=C(Nc1ccc(Br)cc1)c1cn(-c2ccc(S(=O)(=O)N3CCCCC3)cc2)cn1. The smallest absolute Gasteiger partial charge is 0.275 e. The summed E-state index contributed by atoms with van der Waals surface area (Å²) in [5.41, 5.74) is 1.66. The van der Waals surface area contributed by atoms with Crippen molar-refractivity contribution in [2.75, 3.05) is 18.4 Å². The van der Waals surface area contributed by atoms with E-state index in [-0.39, 0.29) is 16.5 Å². The lowest BCUT2D eigenvalue weighted by Crippen LogP contribution is -2.35. The van der Waals surface area contributed by atoms with Gasteiger partial charge in [-0.05, 0) is 61.4 Å². The maximum atomic E-state index is 12.8. The average molecular weight is 489 g/mol. The molecule has 0 bridgehead atoms. The van der Waals surface area contributed by atoms with Crippen LogP contribution in [0.5, 0.6) is 0 Å². The number of piperidine rings is 1. The third kappa shape index (κ3) is 4.48. The van der Waals surface area contributed by atoms with Crippen LogP contribution in [0.2, 0.25) is 0 Å². The fraction of sp³-hybridized carbons (Fsp3) is 0.238. The van der Waals surface area contributed by atoms with E-state index in [1.54, 1.807) is 51.5 Å². The van der Waals surface area contributed by atoms with Crippen LogP contribution in [0.15, 0.2) is 70.4 Å². The molecule has 9 heteroatoms. The number of aromatic nitrogens is 2. The molecule has 0 radical (unpaired) electrons. The zero-order valence-electron chi connectivity index (χ0n) is 16.2. The Hall–Kier alpha value is -2.49. The number of hydrogen-bond acceptors (Lipinski definition) is 4. The Labute approximate surface area is 183 Å². The molecule has 30 heavy (non-hydrogen) atoms. The van der Waals surface area contributed by atoms with Gasteiger partial charge in [0.1, 0.15) is 12.0 Å². The molecule has 1 aromatic heterocycles. The number of nitrogens with zero attached hydrogens (tertiary/aromatic N) is 3. The number of anilines is 1. The van der Waals surface area contributed by atoms with Gasteiger partial charge in [-0.25, -0.2) is 13.4 Å². The topological polar surface area (TPSA) is 84.3 Å². The minimum Gasteiger partial charge on any atom is -0.321 e. The summed E-state index contributed by atoms with van der Waals surface area (Å²) in [5.74, 6) is -0.319. The van der Waals surface area contributed by atoms with Crippen LogP contribution in [0, 0.1) is 0 Å². The molecule has 1 fully saturated rings. The van der Waals surface area contributed by atoms with E-state index < -0.39 is 10.0 Å². The van der Waals surface area contributed by atoms with Crippen molar-refractivity contribution in [1.29, 1.82) is 0 Å². The van der Waals surface area contributed by atoms with E-state index in [2.05, 4.69) is 26.2 Å². The van der Waals surface area contributed by atoms with E-state index in [0.717, 1.165) is 29.4 Å². The predicted molar refractivity (Wildman–Crippen MR) is 118 cm³/mol. The number of carbonyl (C=O) groups excluding carboxylic acids is 1. The normalized spacial score (nSPS) is 15.1. The second kappa shape index (κ2) is 8.71. The van der Waals surface area contributed by atoms with Crippen molar-refractivity contribution in [3.8, 4) is 5.69 Å². The molecule has 1 aliphatic heterocycles. The van der Waals surface area contributed by atoms with Crippen LogP contribution >= 0.6 is 15.9 Å². The molecule has 0 spiro atoms. The number of hydrogen-bond donors (Lipinski definition) is 1. The lowest BCUT2D eigenvalue weighted by molar-refractivity contribution is 0.102. The highest BCUT2D eigenvalue weighted by molar-refractivity contribution is 9.10. The van der Waals surface area contributed by atoms with Gasteiger partial charge in [-0.15, -0.1) is 0 Å². The number of amides is 1. The molecule has 156 valence electrons. The third-order valence-electron chi connectivity index (χ3n) is 5.00. The van der Waals surface area contributed by atoms with Crippen LogP contribution in [-0.4, -0.2) is 41.3 Å². The Morgan fingerprint density at radius 1 is 0.967 bits per heavy atom. The minimum atomic E-state index is -3.47. The van der Waals surface area contributed by atoms with Crippen molar-refractivity contribution >= 4 is 37.5 Å². The molecule has 1 amide bonds. The zero-order valence-corrected chi connectivity index (χ0v) is 18.6. The molecule has 2 heterocycles. The van der Waals surface area contributed by atoms with Gasteiger partial charge in [0.25, 0.3) is 5.91 Å². The largest absolute Gasteiger partial charge is 0.321 e. The Morgan fingerprint density at radius 2 is 1.63 bits per heavy atom. The van der Waals surface area contributed by atoms with Crippen LogP contribution < -0.4 is 5.32 Å². The van der Waals surface area contributed by atoms with Crippen molar-refractivity contribution in [3.63, 3.8) is 0 Å². The van der Waals surface area contributed by atoms with E-state index in [1.807, 2.05) is 12.1 Å². The molecule has 2 aromatic carbocycles. The Morgan fingerprint density at radius 3 is 2.30 bits per heavy atom. The third-order valence-corrected chi connectivity index (χ3v) is 7.45. The van der Waals surface area contributed by atoms with Crippen molar-refractivity contribution in [2.24, 2.45) is 0 Å². The van der Waals surface area contributed by atoms with E-state index in [9.17, 15) is 13.2 Å². The van der Waals surface area contributed by atoms with Gasteiger partial charge >= 0.3 is 0 Å². The summed E-state index contributed by atoms with van der Waals surface area (Å²) in [4.78, 5) is 16.9. The van der Waals surface area contributed by atoms with Gasteiger partial charge in [-0.3, -0.25) is 4.79 Å². The first-order valence-corrected chi connectivity index (χ1v) is 11.9. The molecule has 0 atom stereocenters. The summed E-state index contributed by atoms with van der Waals surface area (Å²) >= 11 is 3.36. The van der Waals surface area contributed by atoms with E-state index >= 15 is 0 Å². The highest BCUT2D eigenvalue weighted by Gasteiger charge is 2.25. The van der Waals surface area contributed by atoms with E-state index in [1.165, 1.54) is 6.33 Å². The summed E-state index contributed by atoms with van der Waals surface area (Å²) in [6.07, 6.45) is 6.02. The first-order chi connectivity index (χ1) is 14.4. The van der Waals surface area contributed by atoms with Crippen LogP contribution in [0.1, 0.15) is 29.8 Å². The molecule has 1 saturated heterocycles. The summed E-state index contributed by atoms with van der Waals surface area (Å²) in [6.45, 7) is 1.14. The maximum absolute atomic E-state index is 12.8. The number of nitrogens with one attached hydrogen (secondary N) is 1. The molecule has 3 aromatic rings. The van der Waals surface area contributed by atoms with Crippen LogP contribution in [0.3, 0.4) is 0 Å². The quantitative estimate of drug-likeness (QED) is 0.586. The van der Waals surface area contributed by atoms with Crippen LogP contribution in [-0.2, 0) is 10.0 Å². The number of rotatable bonds is 5. The first kappa shape index (κ1) is 20.8. The summed E-state index contributed by atoms with van der Waals surface area (Å²) in [7, 11) is -3.47. The molecule has 0 unspecified atom stereocenters. The lowest BCUT2D eigenvalue weighted by atomic mass is 10.2. The van der Waals surface area contributed by atoms with Crippen LogP contribution in [0.25, 0.3) is 5.69 Å². The first-order valence-electron chi connectivity index (χ1n) is 9.65. The van der Waals surface area contributed by atoms with Gasteiger partial charge in [-0.2, -0.15) is 4.31 Å². The van der Waals surface area contributed by atoms with Crippen molar-refractivity contribution < 1.29 is 13.2 Å². The molecular weight excluding hydrogens is 468 g/mol. The zero-order chi connectivity index (χ0) is 21.1. The van der Waals surface area contributed by atoms with Gasteiger partial charge in [-0.1, -0.05) is 22.4 Å². The highest BCUT2D eigenvalue weighted by atomic mass is 79.9. The second-order valence-corrected chi connectivity index (χ2v) is 9.94. The summed E-state index contributed by atoms with van der Waals surface area (Å²) in [6, 6.07) is 13.9. The number of benzene rings is 2. The van der Waals surface area contributed by atoms with Crippen molar-refractivity contribution in [2.45, 2.75) is 24.2 Å². The molecule has 4 rings (SSSR count). The van der Waals surface area contributed by atoms with Crippen molar-refractivity contribution in [1.82, 2.24) is 13.9 Å². The standard InChI is InChI=1S/C21H21BrN4O3S/c22-16-4-6-17(7-5-16)24-21(27)20-14-25(15-23-20)18-8-10-19(11-9-18)30(28,29)26-12-2-1-3-13-26/h4-11,14-15H,1-3,12-13H2,(H,24,27). The Bertz CT molecular complexity index is 1140. The van der Waals surface area contributed by atoms with Gasteiger partial charge in [0.2, 0.25) is 10.0 Å². The fourth-order valence-corrected chi connectivity index (χ4v) is 5.14. The molecule has 7 nitrogen and oxygen atoms in total. The monoisotopic (exact) mass is 488 g/mol. The minimum absolute atomic E-state index is 0.267. The average Bonchev–Trinajstić information content (AvgIpc) is 3.27. The number of halogens is 1. The number of imidazole rings is 1. The number of carbonyl (C=O) groups is 1. The summed E-state index contributed by atoms with van der Waals surface area (Å²) in [5, 5.41) is 2.80. The maximum Gasteiger partial charge on any atom is 0.275 e. The van der Waals surface area contributed by atoms with E-state index in [4.69, 9.17) is 0 Å². The Kier molecular flexibility index (Phi) is 6.03. The highest BCUT2D eigenvalue weighted by Crippen LogP contribution is 2.22. The van der Waals surface area contributed by atoms with Gasteiger partial charge in [0, 0.05) is 35.1 Å². The summed E-state index contributed by atoms with van der Waals surface area (Å²) < 4.78 is 29.7. The Balaban J connectivity index is 1.48. The lowest BCUT2D eigenvalue weighted by Gasteiger charge is -2.25. The molecule has 1 aliphatic rings. The van der Waals surface area contributed by atoms with Crippen molar-refractivity contribution in [3.05, 3.63) is 71.2 Å². The second-order valence-electron chi connectivity index (χ2n) is 7.09. The van der Waals surface area contributed by atoms with Gasteiger partial charge in [0.15, 0.2) is 0 Å². The number of sulfonamides is 1. The van der Waals surface area contributed by atoms with Crippen LogP contribution in [0.4, 0.5) is 5.69 Å². The predicted octanol–water partition coefficient (Wildman–Crippen LogP) is 4.06.